The second-order valence-electron chi connectivity index (χ2n) is 1.60. The summed E-state index contributed by atoms with van der Waals surface area (Å²) in [5.74, 6) is 0. The van der Waals surface area contributed by atoms with Crippen LogP contribution in [-0.2, 0) is 0 Å². The Kier molecular flexibility index (Phi) is 18.8. The molecule has 0 unspecified atom stereocenters. The molecule has 0 heterocycles. The van der Waals surface area contributed by atoms with Crippen LogP contribution in [0.3, 0.4) is 0 Å². The molecule has 62 valence electrons. The summed E-state index contributed by atoms with van der Waals surface area (Å²) >= 11 is 0. The lowest BCUT2D eigenvalue weighted by molar-refractivity contribution is 0.448. The van der Waals surface area contributed by atoms with E-state index in [0.29, 0.717) is 0 Å². The van der Waals surface area contributed by atoms with Crippen LogP contribution in [0.1, 0.15) is 13.3 Å². The van der Waals surface area contributed by atoms with E-state index in [2.05, 4.69) is 19.6 Å². The van der Waals surface area contributed by atoms with Crippen LogP contribution >= 0.6 is 0 Å². The maximum Gasteiger partial charge on any atom is 0.432 e. The van der Waals surface area contributed by atoms with Crippen molar-refractivity contribution >= 4 is 7.69 Å². The lowest BCUT2D eigenvalue weighted by atomic mass is 10.4. The molecule has 0 aromatic heterocycles. The van der Waals surface area contributed by atoms with Gasteiger partial charge in [0.05, 0.1) is 0 Å². The third-order valence-corrected chi connectivity index (χ3v) is 0.730. The Morgan fingerprint density at radius 1 is 1.27 bits per heavy atom. The van der Waals surface area contributed by atoms with Crippen LogP contribution in [0.25, 0.3) is 0 Å². The van der Waals surface area contributed by atoms with E-state index in [4.69, 9.17) is 10.0 Å². The molecule has 3 heteroatoms. The standard InChI is InChI=1S/C8H12.BH3O2/c1-3-5-7-8-6-4-2;2-1-3/h3,5-8H,1,4H2,2H3;1-3H. The van der Waals surface area contributed by atoms with Crippen molar-refractivity contribution in [1.29, 1.82) is 0 Å². The molecule has 0 aliphatic rings. The van der Waals surface area contributed by atoms with E-state index in [1.54, 1.807) is 6.08 Å². The maximum absolute atomic E-state index is 7.12. The van der Waals surface area contributed by atoms with Gasteiger partial charge in [0.2, 0.25) is 0 Å². The average Bonchev–Trinajstić information content (AvgIpc) is 2.00. The lowest BCUT2D eigenvalue weighted by Gasteiger charge is -1.71. The van der Waals surface area contributed by atoms with Gasteiger partial charge in [-0.15, -0.1) is 0 Å². The third-order valence-electron chi connectivity index (χ3n) is 0.730. The van der Waals surface area contributed by atoms with E-state index < -0.39 is 7.69 Å². The summed E-state index contributed by atoms with van der Waals surface area (Å²) in [7, 11) is -0.750. The molecule has 0 radical (unpaired) electrons. The third kappa shape index (κ3) is 27.0. The van der Waals surface area contributed by atoms with E-state index in [1.165, 1.54) is 0 Å². The largest absolute Gasteiger partial charge is 0.432 e. The Bertz CT molecular complexity index is 119. The molecule has 0 aromatic carbocycles. The summed E-state index contributed by atoms with van der Waals surface area (Å²) in [5.41, 5.74) is 0. The molecule has 0 aliphatic carbocycles. The number of rotatable bonds is 3. The van der Waals surface area contributed by atoms with Gasteiger partial charge < -0.3 is 10.0 Å². The van der Waals surface area contributed by atoms with Crippen molar-refractivity contribution in [3.8, 4) is 0 Å². The smallest absolute Gasteiger partial charge is 0.430 e. The van der Waals surface area contributed by atoms with Crippen LogP contribution in [0.15, 0.2) is 37.0 Å². The first-order valence-electron chi connectivity index (χ1n) is 3.49. The highest BCUT2D eigenvalue weighted by Gasteiger charge is 1.59. The predicted molar refractivity (Wildman–Crippen MR) is 50.4 cm³/mol. The fraction of sp³-hybridized carbons (Fsp3) is 0.250. The van der Waals surface area contributed by atoms with Gasteiger partial charge in [0, 0.05) is 0 Å². The molecule has 0 saturated heterocycles. The summed E-state index contributed by atoms with van der Waals surface area (Å²) in [5, 5.41) is 14.2. The highest BCUT2D eigenvalue weighted by Crippen LogP contribution is 1.80. The average molecular weight is 154 g/mol. The normalized spacial score (nSPS) is 9.36. The summed E-state index contributed by atoms with van der Waals surface area (Å²) in [6.07, 6.45) is 10.9. The van der Waals surface area contributed by atoms with Crippen LogP contribution in [-0.4, -0.2) is 17.7 Å². The van der Waals surface area contributed by atoms with Crippen LogP contribution in [0.4, 0.5) is 0 Å². The maximum atomic E-state index is 7.12. The molecule has 11 heavy (non-hydrogen) atoms. The van der Waals surface area contributed by atoms with Gasteiger partial charge >= 0.3 is 7.69 Å². The molecule has 0 aliphatic heterocycles. The molecule has 2 N–H and O–H groups in total. The summed E-state index contributed by atoms with van der Waals surface area (Å²) in [4.78, 5) is 0. The fourth-order valence-corrected chi connectivity index (χ4v) is 0.357. The van der Waals surface area contributed by atoms with Gasteiger partial charge in [-0.25, -0.2) is 0 Å². The molecule has 0 bridgehead atoms. The topological polar surface area (TPSA) is 40.5 Å². The summed E-state index contributed by atoms with van der Waals surface area (Å²) in [6.45, 7) is 5.65. The van der Waals surface area contributed by atoms with E-state index in [0.717, 1.165) is 6.42 Å². The predicted octanol–water partition coefficient (Wildman–Crippen LogP) is 0.932. The SMILES string of the molecule is C=CC=CC=CCC.OBO. The van der Waals surface area contributed by atoms with Gasteiger partial charge in [-0.1, -0.05) is 43.9 Å². The fourth-order valence-electron chi connectivity index (χ4n) is 0.357. The van der Waals surface area contributed by atoms with Gasteiger partial charge in [-0.3, -0.25) is 0 Å². The quantitative estimate of drug-likeness (QED) is 0.469. The van der Waals surface area contributed by atoms with Crippen LogP contribution in [0.2, 0.25) is 0 Å². The zero-order chi connectivity index (χ0) is 8.95. The van der Waals surface area contributed by atoms with Crippen molar-refractivity contribution in [3.63, 3.8) is 0 Å². The molecule has 0 saturated carbocycles. The number of allylic oxidation sites excluding steroid dienone is 5. The first-order valence-corrected chi connectivity index (χ1v) is 3.49. The van der Waals surface area contributed by atoms with Gasteiger partial charge in [0.15, 0.2) is 0 Å². The molecule has 0 fully saturated rings. The zero-order valence-electron chi connectivity index (χ0n) is 6.90. The monoisotopic (exact) mass is 154 g/mol. The van der Waals surface area contributed by atoms with Gasteiger partial charge in [-0.05, 0) is 6.42 Å². The molecule has 0 atom stereocenters. The number of hydrogen-bond acceptors (Lipinski definition) is 2. The Hall–Kier alpha value is -0.795. The Morgan fingerprint density at radius 3 is 2.18 bits per heavy atom. The van der Waals surface area contributed by atoms with Crippen molar-refractivity contribution in [3.05, 3.63) is 37.0 Å². The van der Waals surface area contributed by atoms with Crippen LogP contribution in [0, 0.1) is 0 Å². The van der Waals surface area contributed by atoms with E-state index in [-0.39, 0.29) is 0 Å². The highest BCUT2D eigenvalue weighted by atomic mass is 16.4. The Balaban J connectivity index is 0. The zero-order valence-corrected chi connectivity index (χ0v) is 6.90. The van der Waals surface area contributed by atoms with Gasteiger partial charge in [-0.2, -0.15) is 0 Å². The van der Waals surface area contributed by atoms with Crippen molar-refractivity contribution in [2.75, 3.05) is 0 Å². The second-order valence-corrected chi connectivity index (χ2v) is 1.60. The Morgan fingerprint density at radius 2 is 1.82 bits per heavy atom. The summed E-state index contributed by atoms with van der Waals surface area (Å²) in [6, 6.07) is 0. The summed E-state index contributed by atoms with van der Waals surface area (Å²) < 4.78 is 0. The first-order chi connectivity index (χ1) is 5.33. The van der Waals surface area contributed by atoms with Crippen LogP contribution < -0.4 is 0 Å². The van der Waals surface area contributed by atoms with Crippen molar-refractivity contribution in [1.82, 2.24) is 0 Å². The van der Waals surface area contributed by atoms with Crippen molar-refractivity contribution in [2.24, 2.45) is 0 Å². The second kappa shape index (κ2) is 16.1. The van der Waals surface area contributed by atoms with Crippen molar-refractivity contribution in [2.45, 2.75) is 13.3 Å². The minimum atomic E-state index is -0.750. The lowest BCUT2D eigenvalue weighted by Crippen LogP contribution is -1.75. The minimum absolute atomic E-state index is 0.750. The van der Waals surface area contributed by atoms with E-state index in [9.17, 15) is 0 Å². The Labute approximate surface area is 68.9 Å². The van der Waals surface area contributed by atoms with E-state index >= 15 is 0 Å². The molecule has 0 aromatic rings. The van der Waals surface area contributed by atoms with Crippen molar-refractivity contribution < 1.29 is 10.0 Å². The minimum Gasteiger partial charge on any atom is -0.430 e. The molecular formula is C8H15BO2. The number of hydrogen-bond donors (Lipinski definition) is 2. The molecule has 0 spiro atoms. The van der Waals surface area contributed by atoms with Gasteiger partial charge in [0.1, 0.15) is 0 Å². The molecule has 0 rings (SSSR count). The first kappa shape index (κ1) is 12.8. The van der Waals surface area contributed by atoms with E-state index in [1.807, 2.05) is 18.2 Å². The van der Waals surface area contributed by atoms with Crippen LogP contribution in [0.5, 0.6) is 0 Å². The molecule has 2 nitrogen and oxygen atoms in total. The molecular weight excluding hydrogens is 139 g/mol. The van der Waals surface area contributed by atoms with Gasteiger partial charge in [0.25, 0.3) is 0 Å². The highest BCUT2D eigenvalue weighted by molar-refractivity contribution is 6.13. The molecule has 0 amide bonds.